The molecule has 2 rings (SSSR count). The molecule has 110 valence electrons. The SMILES string of the molecule is COCC1CN(C2CC(O)C(CO)O2)C(=O)NC1N. The number of rotatable bonds is 4. The van der Waals surface area contributed by atoms with Crippen LogP contribution in [0.15, 0.2) is 0 Å². The van der Waals surface area contributed by atoms with Crippen molar-refractivity contribution < 1.29 is 24.5 Å². The number of nitrogens with zero attached hydrogens (tertiary/aromatic N) is 1. The van der Waals surface area contributed by atoms with Crippen molar-refractivity contribution in [3.8, 4) is 0 Å². The fourth-order valence-electron chi connectivity index (χ4n) is 2.48. The van der Waals surface area contributed by atoms with Crippen molar-refractivity contribution >= 4 is 6.03 Å². The lowest BCUT2D eigenvalue weighted by Gasteiger charge is -2.39. The summed E-state index contributed by atoms with van der Waals surface area (Å²) in [6.07, 6.45) is -2.12. The maximum absolute atomic E-state index is 11.9. The van der Waals surface area contributed by atoms with Crippen LogP contribution in [0.4, 0.5) is 4.79 Å². The Labute approximate surface area is 111 Å². The number of carbonyl (C=O) groups is 1. The summed E-state index contributed by atoms with van der Waals surface area (Å²) in [5.41, 5.74) is 5.83. The number of nitrogens with two attached hydrogens (primary N) is 1. The van der Waals surface area contributed by atoms with Crippen molar-refractivity contribution in [2.24, 2.45) is 11.7 Å². The second-order valence-corrected chi connectivity index (χ2v) is 4.96. The molecule has 2 fully saturated rings. The molecule has 0 aromatic carbocycles. The molecular formula is C11H21N3O5. The first kappa shape index (κ1) is 14.5. The van der Waals surface area contributed by atoms with Gasteiger partial charge in [-0.2, -0.15) is 0 Å². The van der Waals surface area contributed by atoms with E-state index < -0.39 is 24.6 Å². The van der Waals surface area contributed by atoms with Gasteiger partial charge in [0.15, 0.2) is 0 Å². The fourth-order valence-corrected chi connectivity index (χ4v) is 2.48. The zero-order valence-electron chi connectivity index (χ0n) is 10.9. The molecule has 0 spiro atoms. The average molecular weight is 275 g/mol. The average Bonchev–Trinajstić information content (AvgIpc) is 2.74. The van der Waals surface area contributed by atoms with Crippen molar-refractivity contribution in [3.63, 3.8) is 0 Å². The Bertz CT molecular complexity index is 329. The third kappa shape index (κ3) is 2.98. The molecule has 5 atom stereocenters. The molecule has 2 heterocycles. The van der Waals surface area contributed by atoms with Gasteiger partial charge in [0, 0.05) is 26.0 Å². The molecule has 2 saturated heterocycles. The van der Waals surface area contributed by atoms with Crippen LogP contribution in [-0.4, -0.2) is 72.6 Å². The number of hydrogen-bond acceptors (Lipinski definition) is 6. The number of ether oxygens (including phenoxy) is 2. The number of nitrogens with one attached hydrogen (secondary N) is 1. The van der Waals surface area contributed by atoms with E-state index in [9.17, 15) is 9.90 Å². The van der Waals surface area contributed by atoms with Crippen LogP contribution < -0.4 is 11.1 Å². The topological polar surface area (TPSA) is 117 Å². The van der Waals surface area contributed by atoms with Gasteiger partial charge in [-0.05, 0) is 0 Å². The van der Waals surface area contributed by atoms with Crippen LogP contribution in [0.1, 0.15) is 6.42 Å². The van der Waals surface area contributed by atoms with Gasteiger partial charge in [-0.1, -0.05) is 0 Å². The molecule has 2 aliphatic rings. The Balaban J connectivity index is 2.01. The molecule has 0 bridgehead atoms. The maximum atomic E-state index is 11.9. The third-order valence-electron chi connectivity index (χ3n) is 3.60. The molecule has 19 heavy (non-hydrogen) atoms. The lowest BCUT2D eigenvalue weighted by molar-refractivity contribution is -0.0754. The number of carbonyl (C=O) groups excluding carboxylic acids is 1. The summed E-state index contributed by atoms with van der Waals surface area (Å²) in [5.74, 6) is -0.0448. The first-order valence-corrected chi connectivity index (χ1v) is 6.32. The number of amides is 2. The van der Waals surface area contributed by atoms with E-state index in [2.05, 4.69) is 5.32 Å². The first-order valence-electron chi connectivity index (χ1n) is 6.32. The lowest BCUT2D eigenvalue weighted by Crippen LogP contribution is -2.63. The van der Waals surface area contributed by atoms with Gasteiger partial charge in [0.25, 0.3) is 0 Å². The summed E-state index contributed by atoms with van der Waals surface area (Å²) in [4.78, 5) is 13.4. The highest BCUT2D eigenvalue weighted by molar-refractivity contribution is 5.75. The van der Waals surface area contributed by atoms with Gasteiger partial charge in [0.1, 0.15) is 12.3 Å². The molecule has 8 nitrogen and oxygen atoms in total. The minimum absolute atomic E-state index is 0.0448. The largest absolute Gasteiger partial charge is 0.394 e. The molecule has 0 aromatic rings. The van der Waals surface area contributed by atoms with Gasteiger partial charge >= 0.3 is 6.03 Å². The van der Waals surface area contributed by atoms with Gasteiger partial charge < -0.3 is 30.7 Å². The van der Waals surface area contributed by atoms with Gasteiger partial charge in [-0.15, -0.1) is 0 Å². The van der Waals surface area contributed by atoms with Gasteiger partial charge in [-0.3, -0.25) is 4.90 Å². The summed E-state index contributed by atoms with van der Waals surface area (Å²) in [6.45, 7) is 0.557. The van der Waals surface area contributed by atoms with E-state index in [1.54, 1.807) is 7.11 Å². The molecule has 0 radical (unpaired) electrons. The van der Waals surface area contributed by atoms with Crippen molar-refractivity contribution in [2.75, 3.05) is 26.9 Å². The number of hydrogen-bond donors (Lipinski definition) is 4. The van der Waals surface area contributed by atoms with Crippen LogP contribution in [0.25, 0.3) is 0 Å². The summed E-state index contributed by atoms with van der Waals surface area (Å²) in [7, 11) is 1.57. The van der Waals surface area contributed by atoms with E-state index in [0.717, 1.165) is 0 Å². The van der Waals surface area contributed by atoms with E-state index in [0.29, 0.717) is 13.2 Å². The monoisotopic (exact) mass is 275 g/mol. The van der Waals surface area contributed by atoms with E-state index in [4.69, 9.17) is 20.3 Å². The van der Waals surface area contributed by atoms with Gasteiger partial charge in [0.05, 0.1) is 25.5 Å². The van der Waals surface area contributed by atoms with Crippen LogP contribution in [-0.2, 0) is 9.47 Å². The Morgan fingerprint density at radius 1 is 1.63 bits per heavy atom. The summed E-state index contributed by atoms with van der Waals surface area (Å²) in [5, 5.41) is 21.4. The number of aliphatic hydroxyl groups is 2. The molecule has 2 aliphatic heterocycles. The molecule has 0 aromatic heterocycles. The van der Waals surface area contributed by atoms with Gasteiger partial charge in [0.2, 0.25) is 0 Å². The number of urea groups is 1. The highest BCUT2D eigenvalue weighted by Crippen LogP contribution is 2.25. The highest BCUT2D eigenvalue weighted by Gasteiger charge is 2.42. The van der Waals surface area contributed by atoms with Crippen LogP contribution in [0.3, 0.4) is 0 Å². The minimum atomic E-state index is -0.765. The Hall–Kier alpha value is -0.930. The lowest BCUT2D eigenvalue weighted by atomic mass is 10.0. The molecule has 5 unspecified atom stereocenters. The Kier molecular flexibility index (Phi) is 4.58. The van der Waals surface area contributed by atoms with E-state index in [1.807, 2.05) is 0 Å². The maximum Gasteiger partial charge on any atom is 0.320 e. The zero-order valence-corrected chi connectivity index (χ0v) is 10.9. The van der Waals surface area contributed by atoms with Crippen LogP contribution in [0.2, 0.25) is 0 Å². The Morgan fingerprint density at radius 2 is 2.37 bits per heavy atom. The predicted molar refractivity (Wildman–Crippen MR) is 64.9 cm³/mol. The molecule has 5 N–H and O–H groups in total. The minimum Gasteiger partial charge on any atom is -0.394 e. The first-order chi connectivity index (χ1) is 9.06. The second-order valence-electron chi connectivity index (χ2n) is 4.96. The van der Waals surface area contributed by atoms with Crippen molar-refractivity contribution in [2.45, 2.75) is 31.0 Å². The molecule has 0 aliphatic carbocycles. The molecular weight excluding hydrogens is 254 g/mol. The Morgan fingerprint density at radius 3 is 2.95 bits per heavy atom. The van der Waals surface area contributed by atoms with Crippen LogP contribution in [0.5, 0.6) is 0 Å². The van der Waals surface area contributed by atoms with Crippen molar-refractivity contribution in [3.05, 3.63) is 0 Å². The van der Waals surface area contributed by atoms with E-state index in [1.165, 1.54) is 4.90 Å². The molecule has 2 amide bonds. The summed E-state index contributed by atoms with van der Waals surface area (Å²) >= 11 is 0. The number of aliphatic hydroxyl groups excluding tert-OH is 2. The van der Waals surface area contributed by atoms with Crippen molar-refractivity contribution in [1.82, 2.24) is 10.2 Å². The van der Waals surface area contributed by atoms with Crippen LogP contribution >= 0.6 is 0 Å². The quantitative estimate of drug-likeness (QED) is 0.473. The van der Waals surface area contributed by atoms with Crippen LogP contribution in [0, 0.1) is 5.92 Å². The van der Waals surface area contributed by atoms with Gasteiger partial charge in [-0.25, -0.2) is 4.79 Å². The third-order valence-corrected chi connectivity index (χ3v) is 3.60. The molecule has 0 saturated carbocycles. The van der Waals surface area contributed by atoms with E-state index >= 15 is 0 Å². The summed E-state index contributed by atoms with van der Waals surface area (Å²) in [6, 6.07) is -0.323. The summed E-state index contributed by atoms with van der Waals surface area (Å²) < 4.78 is 10.6. The second kappa shape index (κ2) is 6.02. The van der Waals surface area contributed by atoms with Crippen molar-refractivity contribution in [1.29, 1.82) is 0 Å². The fraction of sp³-hybridized carbons (Fsp3) is 0.909. The standard InChI is InChI=1S/C11H21N3O5/c1-18-5-6-3-14(11(17)13-10(6)12)9-2-7(16)8(4-15)19-9/h6-10,15-16H,2-5,12H2,1H3,(H,13,17). The van der Waals surface area contributed by atoms with E-state index in [-0.39, 0.29) is 25.0 Å². The molecule has 8 heteroatoms. The predicted octanol–water partition coefficient (Wildman–Crippen LogP) is -1.97. The number of methoxy groups -OCH3 is 1. The highest BCUT2D eigenvalue weighted by atomic mass is 16.5. The normalized spacial score (nSPS) is 39.5. The smallest absolute Gasteiger partial charge is 0.320 e. The zero-order chi connectivity index (χ0) is 14.0.